The average molecular weight is 259 g/mol. The highest BCUT2D eigenvalue weighted by Gasteiger charge is 2.19. The molecule has 2 N–H and O–H groups in total. The summed E-state index contributed by atoms with van der Waals surface area (Å²) in [5, 5.41) is 11.4. The number of rotatable bonds is 6. The van der Waals surface area contributed by atoms with Gasteiger partial charge in [-0.2, -0.15) is 0 Å². The van der Waals surface area contributed by atoms with Gasteiger partial charge in [0, 0.05) is 32.3 Å². The quantitative estimate of drug-likeness (QED) is 0.820. The molecule has 1 rings (SSSR count). The molecule has 0 atom stereocenters. The number of aliphatic hydroxyl groups excluding tert-OH is 1. The second-order valence-electron chi connectivity index (χ2n) is 4.24. The van der Waals surface area contributed by atoms with Gasteiger partial charge in [0.25, 0.3) is 0 Å². The molecule has 0 aliphatic heterocycles. The highest BCUT2D eigenvalue weighted by Crippen LogP contribution is 2.23. The second-order valence-corrected chi connectivity index (χ2v) is 4.24. The lowest BCUT2D eigenvalue weighted by atomic mass is 10.2. The first-order valence-electron chi connectivity index (χ1n) is 5.92. The van der Waals surface area contributed by atoms with Crippen LogP contribution in [0.5, 0.6) is 0 Å². The molecular formula is C12H19F2N3O. The van der Waals surface area contributed by atoms with E-state index in [4.69, 9.17) is 5.11 Å². The van der Waals surface area contributed by atoms with Gasteiger partial charge in [0.1, 0.15) is 0 Å². The Morgan fingerprint density at radius 3 is 2.56 bits per heavy atom. The van der Waals surface area contributed by atoms with E-state index in [0.29, 0.717) is 13.0 Å². The number of halogens is 2. The topological polar surface area (TPSA) is 48.4 Å². The SMILES string of the molecule is CNc1nc(N(CCCO)C(C)C)c(F)cc1F. The van der Waals surface area contributed by atoms with Gasteiger partial charge in [-0.05, 0) is 20.3 Å². The summed E-state index contributed by atoms with van der Waals surface area (Å²) in [4.78, 5) is 5.65. The molecule has 0 saturated carbocycles. The normalized spacial score (nSPS) is 10.8. The Hall–Kier alpha value is -1.43. The molecule has 0 radical (unpaired) electrons. The third kappa shape index (κ3) is 3.29. The highest BCUT2D eigenvalue weighted by molar-refractivity contribution is 5.49. The average Bonchev–Trinajstić information content (AvgIpc) is 2.31. The van der Waals surface area contributed by atoms with Crippen LogP contribution in [0.4, 0.5) is 20.4 Å². The van der Waals surface area contributed by atoms with Crippen LogP contribution in [0.3, 0.4) is 0 Å². The lowest BCUT2D eigenvalue weighted by molar-refractivity contribution is 0.288. The summed E-state index contributed by atoms with van der Waals surface area (Å²) in [6.07, 6.45) is 0.506. The summed E-state index contributed by atoms with van der Waals surface area (Å²) in [5.74, 6) is -1.30. The van der Waals surface area contributed by atoms with Crippen LogP contribution in [0.1, 0.15) is 20.3 Å². The van der Waals surface area contributed by atoms with Gasteiger partial charge in [0.15, 0.2) is 23.3 Å². The van der Waals surface area contributed by atoms with Crippen molar-refractivity contribution in [1.82, 2.24) is 4.98 Å². The molecule has 0 fully saturated rings. The number of nitrogens with one attached hydrogen (secondary N) is 1. The molecule has 18 heavy (non-hydrogen) atoms. The molecule has 1 aromatic heterocycles. The molecular weight excluding hydrogens is 240 g/mol. The molecule has 0 aliphatic carbocycles. The van der Waals surface area contributed by atoms with E-state index >= 15 is 0 Å². The molecule has 102 valence electrons. The molecule has 1 aromatic rings. The number of anilines is 2. The van der Waals surface area contributed by atoms with Crippen LogP contribution < -0.4 is 10.2 Å². The van der Waals surface area contributed by atoms with E-state index in [9.17, 15) is 8.78 Å². The van der Waals surface area contributed by atoms with E-state index in [-0.39, 0.29) is 24.3 Å². The fraction of sp³-hybridized carbons (Fsp3) is 0.583. The van der Waals surface area contributed by atoms with Crippen LogP contribution in [0.2, 0.25) is 0 Å². The van der Waals surface area contributed by atoms with Crippen molar-refractivity contribution in [3.05, 3.63) is 17.7 Å². The zero-order valence-electron chi connectivity index (χ0n) is 10.9. The minimum Gasteiger partial charge on any atom is -0.396 e. The van der Waals surface area contributed by atoms with E-state index in [1.165, 1.54) is 7.05 Å². The summed E-state index contributed by atoms with van der Waals surface area (Å²) < 4.78 is 27.1. The monoisotopic (exact) mass is 259 g/mol. The predicted molar refractivity (Wildman–Crippen MR) is 67.9 cm³/mol. The number of hydrogen-bond donors (Lipinski definition) is 2. The van der Waals surface area contributed by atoms with Crippen molar-refractivity contribution in [3.8, 4) is 0 Å². The minimum absolute atomic E-state index is 0.00807. The van der Waals surface area contributed by atoms with Crippen LogP contribution in [0.15, 0.2) is 6.07 Å². The van der Waals surface area contributed by atoms with Crippen LogP contribution >= 0.6 is 0 Å². The lowest BCUT2D eigenvalue weighted by Crippen LogP contribution is -2.34. The molecule has 0 unspecified atom stereocenters. The summed E-state index contributed by atoms with van der Waals surface area (Å²) in [5.41, 5.74) is 0. The van der Waals surface area contributed by atoms with Gasteiger partial charge in [0.2, 0.25) is 0 Å². The van der Waals surface area contributed by atoms with Crippen LogP contribution in [0, 0.1) is 11.6 Å². The van der Waals surface area contributed by atoms with Gasteiger partial charge in [0.05, 0.1) is 0 Å². The summed E-state index contributed by atoms with van der Waals surface area (Å²) in [6.45, 7) is 4.26. The minimum atomic E-state index is -0.718. The summed E-state index contributed by atoms with van der Waals surface area (Å²) in [7, 11) is 1.53. The van der Waals surface area contributed by atoms with Crippen molar-refractivity contribution in [1.29, 1.82) is 0 Å². The Morgan fingerprint density at radius 1 is 1.39 bits per heavy atom. The Bertz CT molecular complexity index is 399. The van der Waals surface area contributed by atoms with Crippen molar-refractivity contribution in [3.63, 3.8) is 0 Å². The van der Waals surface area contributed by atoms with Gasteiger partial charge >= 0.3 is 0 Å². The number of pyridine rings is 1. The molecule has 1 heterocycles. The Morgan fingerprint density at radius 2 is 2.06 bits per heavy atom. The largest absolute Gasteiger partial charge is 0.396 e. The van der Waals surface area contributed by atoms with E-state index < -0.39 is 11.6 Å². The van der Waals surface area contributed by atoms with E-state index in [2.05, 4.69) is 10.3 Å². The summed E-state index contributed by atoms with van der Waals surface area (Å²) in [6, 6.07) is 0.830. The van der Waals surface area contributed by atoms with Gasteiger partial charge < -0.3 is 15.3 Å². The molecule has 0 aliphatic rings. The predicted octanol–water partition coefficient (Wildman–Crippen LogP) is 2.00. The maximum atomic E-state index is 13.8. The van der Waals surface area contributed by atoms with Crippen LogP contribution in [-0.4, -0.2) is 36.3 Å². The first kappa shape index (κ1) is 14.6. The number of nitrogens with zero attached hydrogens (tertiary/aromatic N) is 2. The third-order valence-corrected chi connectivity index (χ3v) is 2.60. The standard InChI is InChI=1S/C12H19F2N3O/c1-8(2)17(5-4-6-18)12-10(14)7-9(13)11(15-3)16-12/h7-8,18H,4-6H2,1-3H3,(H,15,16). The maximum Gasteiger partial charge on any atom is 0.168 e. The van der Waals surface area contributed by atoms with E-state index in [1.807, 2.05) is 13.8 Å². The van der Waals surface area contributed by atoms with E-state index in [0.717, 1.165) is 6.07 Å². The van der Waals surface area contributed by atoms with Crippen molar-refractivity contribution in [2.24, 2.45) is 0 Å². The molecule has 4 nitrogen and oxygen atoms in total. The number of hydrogen-bond acceptors (Lipinski definition) is 4. The first-order chi connectivity index (χ1) is 8.51. The molecule has 0 aromatic carbocycles. The molecule has 6 heteroatoms. The Kier molecular flexibility index (Phi) is 5.27. The van der Waals surface area contributed by atoms with Crippen molar-refractivity contribution >= 4 is 11.6 Å². The van der Waals surface area contributed by atoms with Gasteiger partial charge in [-0.3, -0.25) is 0 Å². The van der Waals surface area contributed by atoms with Crippen LogP contribution in [-0.2, 0) is 0 Å². The zero-order chi connectivity index (χ0) is 13.7. The maximum absolute atomic E-state index is 13.8. The highest BCUT2D eigenvalue weighted by atomic mass is 19.1. The zero-order valence-corrected chi connectivity index (χ0v) is 10.9. The molecule has 0 bridgehead atoms. The van der Waals surface area contributed by atoms with Gasteiger partial charge in [-0.15, -0.1) is 0 Å². The first-order valence-corrected chi connectivity index (χ1v) is 5.92. The molecule has 0 spiro atoms. The van der Waals surface area contributed by atoms with Crippen molar-refractivity contribution in [2.75, 3.05) is 30.4 Å². The van der Waals surface area contributed by atoms with Gasteiger partial charge in [-0.25, -0.2) is 13.8 Å². The summed E-state index contributed by atoms with van der Waals surface area (Å²) >= 11 is 0. The fourth-order valence-electron chi connectivity index (χ4n) is 1.68. The van der Waals surface area contributed by atoms with Crippen LogP contribution in [0.25, 0.3) is 0 Å². The smallest absolute Gasteiger partial charge is 0.168 e. The third-order valence-electron chi connectivity index (χ3n) is 2.60. The Labute approximate surface area is 106 Å². The van der Waals surface area contributed by atoms with Crippen molar-refractivity contribution in [2.45, 2.75) is 26.3 Å². The Balaban J connectivity index is 3.10. The lowest BCUT2D eigenvalue weighted by Gasteiger charge is -2.28. The van der Waals surface area contributed by atoms with Crippen molar-refractivity contribution < 1.29 is 13.9 Å². The molecule has 0 amide bonds. The number of aliphatic hydroxyl groups is 1. The number of aromatic nitrogens is 1. The van der Waals surface area contributed by atoms with Gasteiger partial charge in [-0.1, -0.05) is 0 Å². The fourth-order valence-corrected chi connectivity index (χ4v) is 1.68. The van der Waals surface area contributed by atoms with E-state index in [1.54, 1.807) is 4.90 Å². The second kappa shape index (κ2) is 6.49. The molecule has 0 saturated heterocycles.